The first-order valence-electron chi connectivity index (χ1n) is 7.72. The summed E-state index contributed by atoms with van der Waals surface area (Å²) in [6.07, 6.45) is 0.0106. The summed E-state index contributed by atoms with van der Waals surface area (Å²) in [7, 11) is 0. The van der Waals surface area contributed by atoms with Crippen LogP contribution in [0.2, 0.25) is 0 Å². The van der Waals surface area contributed by atoms with E-state index in [1.807, 2.05) is 31.4 Å². The van der Waals surface area contributed by atoms with Gasteiger partial charge in [-0.2, -0.15) is 0 Å². The van der Waals surface area contributed by atoms with Crippen molar-refractivity contribution in [3.8, 4) is 5.75 Å². The summed E-state index contributed by atoms with van der Waals surface area (Å²) in [6.45, 7) is 3.86. The predicted octanol–water partition coefficient (Wildman–Crippen LogP) is 2.08. The number of ether oxygens (including phenoxy) is 1. The fourth-order valence-electron chi connectivity index (χ4n) is 2.29. The number of benzene rings is 1. The zero-order valence-electron chi connectivity index (χ0n) is 13.7. The molecule has 6 heteroatoms. The molecule has 0 aliphatic carbocycles. The summed E-state index contributed by atoms with van der Waals surface area (Å²) in [5.41, 5.74) is 0.704. The fourth-order valence-corrected chi connectivity index (χ4v) is 2.99. The van der Waals surface area contributed by atoms with Crippen LogP contribution in [0, 0.1) is 0 Å². The molecule has 1 aromatic heterocycles. The third-order valence-electron chi connectivity index (χ3n) is 3.28. The average Bonchev–Trinajstić information content (AvgIpc) is 2.99. The van der Waals surface area contributed by atoms with Crippen LogP contribution < -0.4 is 15.2 Å². The van der Waals surface area contributed by atoms with Crippen LogP contribution in [-0.4, -0.2) is 18.0 Å². The van der Waals surface area contributed by atoms with Gasteiger partial charge in [-0.3, -0.25) is 4.79 Å². The molecule has 1 N–H and O–H groups in total. The number of amides is 1. The molecule has 2 rings (SSSR count). The van der Waals surface area contributed by atoms with Gasteiger partial charge in [0.15, 0.2) is 0 Å². The van der Waals surface area contributed by atoms with E-state index >= 15 is 0 Å². The largest absolute Gasteiger partial charge is 0.550 e. The minimum Gasteiger partial charge on any atom is -0.550 e. The number of hydrogen-bond acceptors (Lipinski definition) is 5. The van der Waals surface area contributed by atoms with Crippen LogP contribution in [0.25, 0.3) is 0 Å². The molecule has 0 saturated heterocycles. The van der Waals surface area contributed by atoms with E-state index in [4.69, 9.17) is 4.74 Å². The van der Waals surface area contributed by atoms with Gasteiger partial charge in [-0.1, -0.05) is 18.2 Å². The first kappa shape index (κ1) is 18.0. The van der Waals surface area contributed by atoms with Gasteiger partial charge >= 0.3 is 0 Å². The van der Waals surface area contributed by atoms with Gasteiger partial charge in [0.2, 0.25) is 5.91 Å². The maximum Gasteiger partial charge on any atom is 0.225 e. The van der Waals surface area contributed by atoms with Crippen molar-refractivity contribution in [2.45, 2.75) is 38.8 Å². The highest BCUT2D eigenvalue weighted by molar-refractivity contribution is 7.10. The zero-order valence-corrected chi connectivity index (χ0v) is 14.5. The first-order valence-corrected chi connectivity index (χ1v) is 8.60. The third kappa shape index (κ3) is 5.70. The van der Waals surface area contributed by atoms with Crippen molar-refractivity contribution in [2.75, 3.05) is 0 Å². The van der Waals surface area contributed by atoms with E-state index in [0.717, 1.165) is 4.88 Å². The molecule has 0 aliphatic rings. The summed E-state index contributed by atoms with van der Waals surface area (Å²) >= 11 is 1.49. The lowest BCUT2D eigenvalue weighted by atomic mass is 10.0. The number of aliphatic carboxylic acids is 1. The molecule has 0 aliphatic heterocycles. The number of carbonyl (C=O) groups excluding carboxylic acids is 2. The molecule has 0 bridgehead atoms. The maximum absolute atomic E-state index is 12.1. The van der Waals surface area contributed by atoms with Gasteiger partial charge in [0.05, 0.1) is 18.6 Å². The van der Waals surface area contributed by atoms with Crippen LogP contribution in [0.3, 0.4) is 0 Å². The smallest absolute Gasteiger partial charge is 0.225 e. The molecule has 0 radical (unpaired) electrons. The Morgan fingerprint density at radius 2 is 1.92 bits per heavy atom. The van der Waals surface area contributed by atoms with Crippen LogP contribution in [0.15, 0.2) is 41.8 Å². The maximum atomic E-state index is 12.1. The van der Waals surface area contributed by atoms with E-state index in [0.29, 0.717) is 11.3 Å². The first-order chi connectivity index (χ1) is 11.4. The van der Waals surface area contributed by atoms with E-state index in [9.17, 15) is 14.7 Å². The van der Waals surface area contributed by atoms with Crippen LogP contribution in [0.1, 0.15) is 36.8 Å². The van der Waals surface area contributed by atoms with Crippen molar-refractivity contribution in [3.63, 3.8) is 0 Å². The molecule has 5 nitrogen and oxygen atoms in total. The second-order valence-corrected chi connectivity index (χ2v) is 6.72. The Labute approximate surface area is 145 Å². The number of carbonyl (C=O) groups is 2. The Hall–Kier alpha value is -2.34. The molecule has 128 valence electrons. The Balaban J connectivity index is 2.06. The Kier molecular flexibility index (Phi) is 6.37. The Bertz CT molecular complexity index is 665. The van der Waals surface area contributed by atoms with Gasteiger partial charge in [0.25, 0.3) is 0 Å². The molecule has 0 fully saturated rings. The van der Waals surface area contributed by atoms with Gasteiger partial charge < -0.3 is 20.0 Å². The summed E-state index contributed by atoms with van der Waals surface area (Å²) in [4.78, 5) is 24.1. The Morgan fingerprint density at radius 3 is 2.46 bits per heavy atom. The fraction of sp³-hybridized carbons (Fsp3) is 0.333. The molecule has 1 amide bonds. The van der Waals surface area contributed by atoms with E-state index in [2.05, 4.69) is 5.32 Å². The molecule has 1 heterocycles. The highest BCUT2D eigenvalue weighted by atomic mass is 32.1. The number of carboxylic acid groups (broad SMARTS) is 1. The molecule has 0 unspecified atom stereocenters. The van der Waals surface area contributed by atoms with Gasteiger partial charge in [-0.15, -0.1) is 11.3 Å². The van der Waals surface area contributed by atoms with Crippen molar-refractivity contribution in [1.82, 2.24) is 5.32 Å². The number of nitrogens with one attached hydrogen (secondary N) is 1. The van der Waals surface area contributed by atoms with Crippen LogP contribution >= 0.6 is 11.3 Å². The predicted molar refractivity (Wildman–Crippen MR) is 90.7 cm³/mol. The second-order valence-electron chi connectivity index (χ2n) is 5.69. The number of thiophene rings is 1. The molecule has 1 aromatic carbocycles. The lowest BCUT2D eigenvalue weighted by Gasteiger charge is -2.20. The standard InChI is InChI=1S/C18H21NO4S/c1-12(2)23-14-7-5-13(6-8-14)16(11-18(21)22)19-17(20)10-15-4-3-9-24-15/h3-9,12,16H,10-11H2,1-2H3,(H,19,20)(H,21,22)/p-1/t16-/m1/s1. The topological polar surface area (TPSA) is 78.5 Å². The quantitative estimate of drug-likeness (QED) is 0.794. The van der Waals surface area contributed by atoms with Crippen LogP contribution in [0.4, 0.5) is 0 Å². The van der Waals surface area contributed by atoms with Gasteiger partial charge in [-0.05, 0) is 43.0 Å². The third-order valence-corrected chi connectivity index (χ3v) is 4.15. The molecule has 1 atom stereocenters. The summed E-state index contributed by atoms with van der Waals surface area (Å²) in [5, 5.41) is 15.7. The highest BCUT2D eigenvalue weighted by Gasteiger charge is 2.16. The second kappa shape index (κ2) is 8.49. The van der Waals surface area contributed by atoms with Gasteiger partial charge in [0.1, 0.15) is 5.75 Å². The van der Waals surface area contributed by atoms with Crippen molar-refractivity contribution in [3.05, 3.63) is 52.2 Å². The average molecular weight is 346 g/mol. The number of rotatable bonds is 8. The molecule has 24 heavy (non-hydrogen) atoms. The summed E-state index contributed by atoms with van der Waals surface area (Å²) < 4.78 is 5.57. The van der Waals surface area contributed by atoms with Gasteiger partial charge in [-0.25, -0.2) is 0 Å². The molecule has 0 saturated carbocycles. The summed E-state index contributed by atoms with van der Waals surface area (Å²) in [6, 6.07) is 10.2. The van der Waals surface area contributed by atoms with E-state index in [1.165, 1.54) is 11.3 Å². The zero-order chi connectivity index (χ0) is 17.5. The molecular formula is C18H20NO4S-. The highest BCUT2D eigenvalue weighted by Crippen LogP contribution is 2.21. The minimum absolute atomic E-state index is 0.0559. The normalized spacial score (nSPS) is 12.0. The monoisotopic (exact) mass is 346 g/mol. The lowest BCUT2D eigenvalue weighted by Crippen LogP contribution is -2.34. The van der Waals surface area contributed by atoms with Crippen LogP contribution in [-0.2, 0) is 16.0 Å². The number of carboxylic acids is 1. The van der Waals surface area contributed by atoms with Crippen LogP contribution in [0.5, 0.6) is 5.75 Å². The van der Waals surface area contributed by atoms with E-state index < -0.39 is 12.0 Å². The molecular weight excluding hydrogens is 326 g/mol. The van der Waals surface area contributed by atoms with Crippen molar-refractivity contribution in [2.24, 2.45) is 0 Å². The van der Waals surface area contributed by atoms with Gasteiger partial charge in [0, 0.05) is 17.3 Å². The van der Waals surface area contributed by atoms with E-state index in [-0.39, 0.29) is 24.9 Å². The van der Waals surface area contributed by atoms with Crippen molar-refractivity contribution >= 4 is 23.2 Å². The molecule has 0 spiro atoms. The minimum atomic E-state index is -1.21. The summed E-state index contributed by atoms with van der Waals surface area (Å²) in [5.74, 6) is -0.726. The van der Waals surface area contributed by atoms with Crippen molar-refractivity contribution in [1.29, 1.82) is 0 Å². The number of hydrogen-bond donors (Lipinski definition) is 1. The Morgan fingerprint density at radius 1 is 1.21 bits per heavy atom. The lowest BCUT2D eigenvalue weighted by molar-refractivity contribution is -0.306. The van der Waals surface area contributed by atoms with Crippen molar-refractivity contribution < 1.29 is 19.4 Å². The van der Waals surface area contributed by atoms with E-state index in [1.54, 1.807) is 24.3 Å². The molecule has 2 aromatic rings. The SMILES string of the molecule is CC(C)Oc1ccc([C@@H](CC(=O)[O-])NC(=O)Cc2cccs2)cc1.